The van der Waals surface area contributed by atoms with Gasteiger partial charge in [-0.15, -0.1) is 0 Å². The molecule has 13 heteroatoms. The van der Waals surface area contributed by atoms with Crippen molar-refractivity contribution in [1.29, 1.82) is 0 Å². The standard InChI is InChI=1S/C19H27N9O3S/c1-12-9-31-6-5-27(12)18-24-15(13-7-22-17(20)23-8-13)14-3-4-28(16(14)25-18)19(2)10-26(11-19)32(21,29)30/h7-8,12H,3-6,9-11H2,1-2H3,(H2,20,22,23)(H2,21,29,30). The van der Waals surface area contributed by atoms with Crippen molar-refractivity contribution in [1.82, 2.24) is 24.2 Å². The minimum absolute atomic E-state index is 0.129. The van der Waals surface area contributed by atoms with E-state index in [2.05, 4.69) is 26.7 Å². The average Bonchev–Trinajstić information content (AvgIpc) is 3.15. The molecule has 5 rings (SSSR count). The number of morpholine rings is 1. The summed E-state index contributed by atoms with van der Waals surface area (Å²) in [6.07, 6.45) is 4.08. The largest absolute Gasteiger partial charge is 0.377 e. The molecule has 0 aliphatic carbocycles. The van der Waals surface area contributed by atoms with Crippen LogP contribution in [0.3, 0.4) is 0 Å². The maximum atomic E-state index is 11.7. The van der Waals surface area contributed by atoms with Gasteiger partial charge in [-0.25, -0.2) is 20.1 Å². The molecule has 172 valence electrons. The van der Waals surface area contributed by atoms with Crippen molar-refractivity contribution >= 4 is 27.9 Å². The molecule has 0 amide bonds. The van der Waals surface area contributed by atoms with Crippen molar-refractivity contribution in [2.45, 2.75) is 31.8 Å². The van der Waals surface area contributed by atoms with Crippen molar-refractivity contribution in [2.24, 2.45) is 5.14 Å². The van der Waals surface area contributed by atoms with E-state index in [4.69, 9.17) is 25.6 Å². The normalized spacial score (nSPS) is 23.2. The fraction of sp³-hybridized carbons (Fsp3) is 0.579. The van der Waals surface area contributed by atoms with E-state index in [1.54, 1.807) is 12.4 Å². The van der Waals surface area contributed by atoms with Gasteiger partial charge in [0, 0.05) is 49.7 Å². The first kappa shape index (κ1) is 21.2. The number of nitrogens with two attached hydrogens (primary N) is 2. The molecule has 2 fully saturated rings. The van der Waals surface area contributed by atoms with Gasteiger partial charge in [0.2, 0.25) is 11.9 Å². The van der Waals surface area contributed by atoms with Crippen molar-refractivity contribution < 1.29 is 13.2 Å². The predicted molar refractivity (Wildman–Crippen MR) is 119 cm³/mol. The summed E-state index contributed by atoms with van der Waals surface area (Å²) in [7, 11) is -3.71. The van der Waals surface area contributed by atoms with Gasteiger partial charge in [0.15, 0.2) is 0 Å². The summed E-state index contributed by atoms with van der Waals surface area (Å²) >= 11 is 0. The van der Waals surface area contributed by atoms with E-state index in [0.29, 0.717) is 45.3 Å². The van der Waals surface area contributed by atoms with Crippen LogP contribution in [0.4, 0.5) is 17.7 Å². The zero-order valence-electron chi connectivity index (χ0n) is 18.1. The van der Waals surface area contributed by atoms with E-state index in [1.165, 1.54) is 4.31 Å². The maximum Gasteiger partial charge on any atom is 0.277 e. The van der Waals surface area contributed by atoms with E-state index in [0.717, 1.165) is 29.1 Å². The van der Waals surface area contributed by atoms with E-state index >= 15 is 0 Å². The summed E-state index contributed by atoms with van der Waals surface area (Å²) in [5.41, 5.74) is 7.84. The Balaban J connectivity index is 1.58. The van der Waals surface area contributed by atoms with Crippen LogP contribution in [0.2, 0.25) is 0 Å². The first-order chi connectivity index (χ1) is 15.2. The van der Waals surface area contributed by atoms with Crippen LogP contribution in [0.5, 0.6) is 0 Å². The smallest absolute Gasteiger partial charge is 0.277 e. The Morgan fingerprint density at radius 2 is 1.91 bits per heavy atom. The molecule has 2 saturated heterocycles. The van der Waals surface area contributed by atoms with Gasteiger partial charge in [-0.3, -0.25) is 0 Å². The number of ether oxygens (including phenoxy) is 1. The number of fused-ring (bicyclic) bond motifs is 1. The second kappa shape index (κ2) is 7.47. The first-order valence-electron chi connectivity index (χ1n) is 10.5. The summed E-state index contributed by atoms with van der Waals surface area (Å²) in [5.74, 6) is 1.63. The molecule has 5 heterocycles. The highest BCUT2D eigenvalue weighted by molar-refractivity contribution is 7.86. The lowest BCUT2D eigenvalue weighted by Gasteiger charge is -2.52. The van der Waals surface area contributed by atoms with Gasteiger partial charge in [-0.1, -0.05) is 0 Å². The molecule has 2 aromatic rings. The molecule has 1 atom stereocenters. The van der Waals surface area contributed by atoms with Gasteiger partial charge in [0.1, 0.15) is 5.82 Å². The molecular formula is C19H27N9O3S. The Morgan fingerprint density at radius 1 is 1.19 bits per heavy atom. The Labute approximate surface area is 186 Å². The summed E-state index contributed by atoms with van der Waals surface area (Å²) in [6, 6.07) is 0.129. The molecule has 0 bridgehead atoms. The highest BCUT2D eigenvalue weighted by Gasteiger charge is 2.50. The van der Waals surface area contributed by atoms with E-state index in [-0.39, 0.29) is 12.0 Å². The Bertz CT molecular complexity index is 1140. The molecule has 3 aliphatic rings. The lowest BCUT2D eigenvalue weighted by Crippen LogP contribution is -2.70. The number of nitrogens with zero attached hydrogens (tertiary/aromatic N) is 7. The number of nitrogen functional groups attached to an aromatic ring is 1. The second-order valence-electron chi connectivity index (χ2n) is 8.83. The minimum Gasteiger partial charge on any atom is -0.377 e. The van der Waals surface area contributed by atoms with Crippen molar-refractivity contribution in [3.63, 3.8) is 0 Å². The topological polar surface area (TPSA) is 157 Å². The van der Waals surface area contributed by atoms with E-state index in [9.17, 15) is 8.42 Å². The molecule has 0 aromatic carbocycles. The molecule has 4 N–H and O–H groups in total. The SMILES string of the molecule is CC1COCCN1c1nc(-c2cnc(N)nc2)c2c(n1)N(C1(C)CN(S(N)(=O)=O)C1)CC2. The van der Waals surface area contributed by atoms with Crippen LogP contribution in [0.25, 0.3) is 11.3 Å². The van der Waals surface area contributed by atoms with Crippen LogP contribution in [0.15, 0.2) is 12.4 Å². The predicted octanol–water partition coefficient (Wildman–Crippen LogP) is -0.619. The van der Waals surface area contributed by atoms with Crippen molar-refractivity contribution in [2.75, 3.05) is 54.9 Å². The van der Waals surface area contributed by atoms with Crippen LogP contribution < -0.4 is 20.7 Å². The van der Waals surface area contributed by atoms with Gasteiger partial charge in [-0.2, -0.15) is 17.7 Å². The van der Waals surface area contributed by atoms with Gasteiger partial charge >= 0.3 is 0 Å². The molecule has 0 spiro atoms. The number of rotatable bonds is 4. The Hall–Kier alpha value is -2.61. The minimum atomic E-state index is -3.71. The summed E-state index contributed by atoms with van der Waals surface area (Å²) in [6.45, 7) is 7.36. The number of hydrogen-bond donors (Lipinski definition) is 2. The molecular weight excluding hydrogens is 434 g/mol. The molecule has 32 heavy (non-hydrogen) atoms. The zero-order chi connectivity index (χ0) is 22.7. The molecule has 12 nitrogen and oxygen atoms in total. The highest BCUT2D eigenvalue weighted by Crippen LogP contribution is 2.41. The van der Waals surface area contributed by atoms with Crippen LogP contribution in [-0.4, -0.2) is 83.6 Å². The number of anilines is 3. The monoisotopic (exact) mass is 461 g/mol. The van der Waals surface area contributed by atoms with E-state index in [1.807, 2.05) is 6.92 Å². The lowest BCUT2D eigenvalue weighted by atomic mass is 9.93. The van der Waals surface area contributed by atoms with Gasteiger partial charge in [-0.05, 0) is 20.3 Å². The van der Waals surface area contributed by atoms with Gasteiger partial charge in [0.05, 0.1) is 30.5 Å². The summed E-state index contributed by atoms with van der Waals surface area (Å²) in [5, 5.41) is 5.32. The summed E-state index contributed by atoms with van der Waals surface area (Å²) < 4.78 is 30.4. The quantitative estimate of drug-likeness (QED) is 0.601. The van der Waals surface area contributed by atoms with Crippen LogP contribution in [0.1, 0.15) is 19.4 Å². The fourth-order valence-corrected chi connectivity index (χ4v) is 5.60. The number of aromatic nitrogens is 4. The van der Waals surface area contributed by atoms with Crippen molar-refractivity contribution in [3.8, 4) is 11.3 Å². The molecule has 0 radical (unpaired) electrons. The lowest BCUT2D eigenvalue weighted by molar-refractivity contribution is 0.0981. The molecule has 0 saturated carbocycles. The Morgan fingerprint density at radius 3 is 2.56 bits per heavy atom. The maximum absolute atomic E-state index is 11.7. The number of hydrogen-bond acceptors (Lipinski definition) is 10. The van der Waals surface area contributed by atoms with Crippen molar-refractivity contribution in [3.05, 3.63) is 18.0 Å². The second-order valence-corrected chi connectivity index (χ2v) is 10.4. The Kier molecular flexibility index (Phi) is 4.96. The van der Waals surface area contributed by atoms with Crippen LogP contribution >= 0.6 is 0 Å². The first-order valence-corrected chi connectivity index (χ1v) is 12.0. The molecule has 1 unspecified atom stereocenters. The highest BCUT2D eigenvalue weighted by atomic mass is 32.2. The molecule has 3 aliphatic heterocycles. The fourth-order valence-electron chi connectivity index (χ4n) is 4.69. The third-order valence-corrected chi connectivity index (χ3v) is 7.41. The summed E-state index contributed by atoms with van der Waals surface area (Å²) in [4.78, 5) is 22.5. The van der Waals surface area contributed by atoms with Gasteiger partial charge < -0.3 is 20.3 Å². The third-order valence-electron chi connectivity index (χ3n) is 6.43. The third kappa shape index (κ3) is 3.54. The van der Waals surface area contributed by atoms with Gasteiger partial charge in [0.25, 0.3) is 10.2 Å². The van der Waals surface area contributed by atoms with Crippen LogP contribution in [-0.2, 0) is 21.4 Å². The molecule has 2 aromatic heterocycles. The van der Waals surface area contributed by atoms with E-state index < -0.39 is 15.7 Å². The van der Waals surface area contributed by atoms with Crippen LogP contribution in [0, 0.1) is 0 Å². The average molecular weight is 462 g/mol. The zero-order valence-corrected chi connectivity index (χ0v) is 18.9.